The maximum Gasteiger partial charge on any atom is 0.436 e. The van der Waals surface area contributed by atoms with E-state index < -0.39 is 11.9 Å². The number of halogens is 4. The van der Waals surface area contributed by atoms with Crippen LogP contribution in [0.15, 0.2) is 10.7 Å². The largest absolute Gasteiger partial charge is 0.436 e. The second-order valence-electron chi connectivity index (χ2n) is 2.49. The lowest BCUT2D eigenvalue weighted by atomic mass is 10.4. The fourth-order valence-electron chi connectivity index (χ4n) is 0.868. The predicted octanol–water partition coefficient (Wildman–Crippen LogP) is 2.58. The average molecular weight is 268 g/mol. The van der Waals surface area contributed by atoms with Gasteiger partial charge in [-0.15, -0.1) is 0 Å². The Morgan fingerprint density at radius 1 is 1.57 bits per heavy atom. The summed E-state index contributed by atoms with van der Waals surface area (Å²) in [5, 5.41) is 11.6. The van der Waals surface area contributed by atoms with E-state index in [0.29, 0.717) is 0 Å². The molecule has 76 valence electrons. The monoisotopic (exact) mass is 267 g/mol. The van der Waals surface area contributed by atoms with Gasteiger partial charge in [-0.2, -0.15) is 23.5 Å². The fraction of sp³-hybridized carbons (Fsp3) is 0.429. The summed E-state index contributed by atoms with van der Waals surface area (Å²) in [5.41, 5.74) is -0.963. The number of nitrogens with zero attached hydrogens (tertiary/aromatic N) is 3. The molecule has 0 aliphatic heterocycles. The lowest BCUT2D eigenvalue weighted by molar-refractivity contribution is -0.142. The number of nitriles is 1. The van der Waals surface area contributed by atoms with Crippen LogP contribution in [0, 0.1) is 11.3 Å². The van der Waals surface area contributed by atoms with Gasteiger partial charge in [0.05, 0.1) is 23.5 Å². The molecule has 0 spiro atoms. The normalized spacial score (nSPS) is 11.4. The van der Waals surface area contributed by atoms with Gasteiger partial charge < -0.3 is 0 Å². The predicted molar refractivity (Wildman–Crippen MR) is 45.2 cm³/mol. The number of hydrogen-bond acceptors (Lipinski definition) is 2. The molecule has 1 heterocycles. The summed E-state index contributed by atoms with van der Waals surface area (Å²) in [7, 11) is 0. The molecule has 1 aromatic rings. The Kier molecular flexibility index (Phi) is 3.16. The van der Waals surface area contributed by atoms with Crippen LogP contribution in [-0.4, -0.2) is 9.78 Å². The minimum absolute atomic E-state index is 0.108. The zero-order chi connectivity index (χ0) is 10.8. The summed E-state index contributed by atoms with van der Waals surface area (Å²) in [4.78, 5) is 0. The van der Waals surface area contributed by atoms with Crippen LogP contribution in [0.5, 0.6) is 0 Å². The minimum atomic E-state index is -4.46. The first kappa shape index (κ1) is 11.0. The Morgan fingerprint density at radius 2 is 2.21 bits per heavy atom. The van der Waals surface area contributed by atoms with Crippen LogP contribution < -0.4 is 0 Å². The summed E-state index contributed by atoms with van der Waals surface area (Å²) in [6.07, 6.45) is -3.12. The highest BCUT2D eigenvalue weighted by atomic mass is 79.9. The smallest absolute Gasteiger partial charge is 0.270 e. The summed E-state index contributed by atoms with van der Waals surface area (Å²) < 4.78 is 37.6. The van der Waals surface area contributed by atoms with Gasteiger partial charge in [-0.05, 0) is 15.9 Å². The van der Waals surface area contributed by atoms with Crippen molar-refractivity contribution >= 4 is 15.9 Å². The highest BCUT2D eigenvalue weighted by Gasteiger charge is 2.36. The van der Waals surface area contributed by atoms with Crippen molar-refractivity contribution in [2.45, 2.75) is 19.1 Å². The molecular weight excluding hydrogens is 263 g/mol. The highest BCUT2D eigenvalue weighted by molar-refractivity contribution is 9.10. The van der Waals surface area contributed by atoms with Crippen molar-refractivity contribution in [3.05, 3.63) is 16.4 Å². The van der Waals surface area contributed by atoms with Crippen molar-refractivity contribution in [3.63, 3.8) is 0 Å². The molecule has 0 bridgehead atoms. The molecule has 0 saturated carbocycles. The molecule has 0 aliphatic rings. The van der Waals surface area contributed by atoms with E-state index in [2.05, 4.69) is 21.0 Å². The summed E-state index contributed by atoms with van der Waals surface area (Å²) in [6, 6.07) is 1.83. The quantitative estimate of drug-likeness (QED) is 0.827. The first-order chi connectivity index (χ1) is 6.45. The molecule has 0 saturated heterocycles. The van der Waals surface area contributed by atoms with Gasteiger partial charge in [0, 0.05) is 6.20 Å². The molecule has 0 aliphatic carbocycles. The number of aromatic nitrogens is 2. The summed E-state index contributed by atoms with van der Waals surface area (Å²) >= 11 is 2.76. The molecule has 0 radical (unpaired) electrons. The van der Waals surface area contributed by atoms with Crippen LogP contribution >= 0.6 is 15.9 Å². The van der Waals surface area contributed by atoms with Gasteiger partial charge in [-0.1, -0.05) is 0 Å². The number of hydrogen-bond donors (Lipinski definition) is 0. The zero-order valence-corrected chi connectivity index (χ0v) is 8.43. The van der Waals surface area contributed by atoms with E-state index in [0.717, 1.165) is 4.68 Å². The minimum Gasteiger partial charge on any atom is -0.270 e. The molecular formula is C7H5BrF3N3. The molecule has 7 heteroatoms. The highest BCUT2D eigenvalue weighted by Crippen LogP contribution is 2.33. The Balaban J connectivity index is 2.89. The van der Waals surface area contributed by atoms with E-state index in [-0.39, 0.29) is 17.4 Å². The van der Waals surface area contributed by atoms with Crippen LogP contribution in [0.3, 0.4) is 0 Å². The summed E-state index contributed by atoms with van der Waals surface area (Å²) in [5.74, 6) is 0. The Morgan fingerprint density at radius 3 is 2.64 bits per heavy atom. The Labute approximate surface area is 86.3 Å². The van der Waals surface area contributed by atoms with E-state index in [9.17, 15) is 13.2 Å². The third-order valence-electron chi connectivity index (χ3n) is 1.44. The fourth-order valence-corrected chi connectivity index (χ4v) is 1.41. The first-order valence-corrected chi connectivity index (χ1v) is 4.41. The van der Waals surface area contributed by atoms with E-state index in [1.165, 1.54) is 6.20 Å². The molecule has 1 aromatic heterocycles. The topological polar surface area (TPSA) is 41.6 Å². The molecule has 0 N–H and O–H groups in total. The third kappa shape index (κ3) is 2.48. The first-order valence-electron chi connectivity index (χ1n) is 3.62. The molecule has 0 aromatic carbocycles. The van der Waals surface area contributed by atoms with Gasteiger partial charge in [-0.3, -0.25) is 4.68 Å². The lowest BCUT2D eigenvalue weighted by Crippen LogP contribution is -2.08. The van der Waals surface area contributed by atoms with Gasteiger partial charge in [0.15, 0.2) is 5.69 Å². The van der Waals surface area contributed by atoms with Crippen LogP contribution in [0.2, 0.25) is 0 Å². The maximum absolute atomic E-state index is 12.2. The van der Waals surface area contributed by atoms with E-state index in [1.807, 2.05) is 6.07 Å². The Hall–Kier alpha value is -1.03. The van der Waals surface area contributed by atoms with Crippen LogP contribution in [0.4, 0.5) is 13.2 Å². The van der Waals surface area contributed by atoms with Gasteiger partial charge >= 0.3 is 6.18 Å². The van der Waals surface area contributed by atoms with Crippen LogP contribution in [0.1, 0.15) is 12.1 Å². The van der Waals surface area contributed by atoms with Gasteiger partial charge in [-0.25, -0.2) is 0 Å². The second-order valence-corrected chi connectivity index (χ2v) is 3.35. The molecule has 1 rings (SSSR count). The van der Waals surface area contributed by atoms with Crippen LogP contribution in [0.25, 0.3) is 0 Å². The van der Waals surface area contributed by atoms with Crippen molar-refractivity contribution in [1.29, 1.82) is 5.26 Å². The third-order valence-corrected chi connectivity index (χ3v) is 2.02. The van der Waals surface area contributed by atoms with Crippen molar-refractivity contribution < 1.29 is 13.2 Å². The van der Waals surface area contributed by atoms with Crippen molar-refractivity contribution in [2.75, 3.05) is 0 Å². The van der Waals surface area contributed by atoms with Gasteiger partial charge in [0.2, 0.25) is 0 Å². The molecule has 0 atom stereocenters. The van der Waals surface area contributed by atoms with Crippen LogP contribution in [-0.2, 0) is 12.7 Å². The molecule has 0 unspecified atom stereocenters. The SMILES string of the molecule is N#CCCn1cc(Br)c(C(F)(F)F)n1. The molecule has 0 fully saturated rings. The van der Waals surface area contributed by atoms with E-state index >= 15 is 0 Å². The van der Waals surface area contributed by atoms with Gasteiger partial charge in [0.1, 0.15) is 0 Å². The average Bonchev–Trinajstić information content (AvgIpc) is 2.42. The molecule has 14 heavy (non-hydrogen) atoms. The summed E-state index contributed by atoms with van der Waals surface area (Å²) in [6.45, 7) is 0.158. The number of aryl methyl sites for hydroxylation is 1. The maximum atomic E-state index is 12.2. The molecule has 0 amide bonds. The zero-order valence-electron chi connectivity index (χ0n) is 6.85. The van der Waals surface area contributed by atoms with Crippen molar-refractivity contribution in [1.82, 2.24) is 9.78 Å². The molecule has 3 nitrogen and oxygen atoms in total. The van der Waals surface area contributed by atoms with E-state index in [1.54, 1.807) is 0 Å². The Bertz CT molecular complexity index is 363. The standard InChI is InChI=1S/C7H5BrF3N3/c8-5-4-14(3-1-2-12)13-6(5)7(9,10)11/h4H,1,3H2. The van der Waals surface area contributed by atoms with Crippen molar-refractivity contribution in [2.24, 2.45) is 0 Å². The van der Waals surface area contributed by atoms with Crippen molar-refractivity contribution in [3.8, 4) is 6.07 Å². The van der Waals surface area contributed by atoms with E-state index in [4.69, 9.17) is 5.26 Å². The number of alkyl halides is 3. The number of rotatable bonds is 2. The van der Waals surface area contributed by atoms with Gasteiger partial charge in [0.25, 0.3) is 0 Å². The second kappa shape index (κ2) is 4.00. The lowest BCUT2D eigenvalue weighted by Gasteiger charge is -2.01.